The minimum Gasteiger partial charge on any atom is -0.477 e. The van der Waals surface area contributed by atoms with E-state index in [2.05, 4.69) is 98.9 Å². The molecule has 0 saturated carbocycles. The van der Waals surface area contributed by atoms with Gasteiger partial charge in [-0.25, -0.2) is 4.79 Å². The van der Waals surface area contributed by atoms with Gasteiger partial charge in [-0.15, -0.1) is 0 Å². The largest absolute Gasteiger partial charge is 0.477 e. The lowest BCUT2D eigenvalue weighted by molar-refractivity contribution is -0.887. The zero-order chi connectivity index (χ0) is 46.3. The molecule has 8 heteroatoms. The van der Waals surface area contributed by atoms with E-state index in [9.17, 15) is 19.5 Å². The first kappa shape index (κ1) is 59.5. The number of carboxylic acids is 1. The van der Waals surface area contributed by atoms with Gasteiger partial charge < -0.3 is 23.8 Å². The maximum absolute atomic E-state index is 12.8. The normalized spacial score (nSPS) is 13.6. The Labute approximate surface area is 386 Å². The average Bonchev–Trinajstić information content (AvgIpc) is 3.24. The summed E-state index contributed by atoms with van der Waals surface area (Å²) in [5, 5.41) is 9.65. The van der Waals surface area contributed by atoms with E-state index in [1.165, 1.54) is 77.0 Å². The van der Waals surface area contributed by atoms with Crippen molar-refractivity contribution in [3.05, 3.63) is 85.1 Å². The lowest BCUT2D eigenvalue weighted by atomic mass is 10.1. The molecular weight excluding hydrogens is 787 g/mol. The van der Waals surface area contributed by atoms with Gasteiger partial charge in [0, 0.05) is 19.3 Å². The van der Waals surface area contributed by atoms with Crippen molar-refractivity contribution < 1.29 is 38.2 Å². The fourth-order valence-corrected chi connectivity index (χ4v) is 6.93. The SMILES string of the molecule is CC/C=C/C/C=C/C/C=C/C/C=C/C/C=C/CCCCCCC(=O)OC(COCCC(C(=O)O)[N+](C)(C)C)COC(=O)CCCCCCCCCCCC/C=C/C=C/CCCCC. The van der Waals surface area contributed by atoms with Crippen LogP contribution in [-0.2, 0) is 28.6 Å². The van der Waals surface area contributed by atoms with Gasteiger partial charge in [0.1, 0.15) is 6.61 Å². The van der Waals surface area contributed by atoms with Gasteiger partial charge in [-0.2, -0.15) is 0 Å². The van der Waals surface area contributed by atoms with Crippen LogP contribution in [0.2, 0.25) is 0 Å². The Hall–Kier alpha value is -3.49. The highest BCUT2D eigenvalue weighted by molar-refractivity contribution is 5.72. The molecule has 0 heterocycles. The number of carbonyl (C=O) groups excluding carboxylic acids is 2. The smallest absolute Gasteiger partial charge is 0.362 e. The molecular formula is C55H94NO7+. The molecule has 0 aromatic rings. The maximum Gasteiger partial charge on any atom is 0.362 e. The minimum atomic E-state index is -0.882. The highest BCUT2D eigenvalue weighted by Crippen LogP contribution is 2.14. The Balaban J connectivity index is 4.34. The molecule has 0 amide bonds. The van der Waals surface area contributed by atoms with Crippen molar-refractivity contribution in [3.63, 3.8) is 0 Å². The molecule has 360 valence electrons. The number of carboxylic acid groups (broad SMARTS) is 1. The molecule has 0 aliphatic rings. The lowest BCUT2D eigenvalue weighted by Gasteiger charge is -2.31. The molecule has 0 bridgehead atoms. The highest BCUT2D eigenvalue weighted by atomic mass is 16.6. The topological polar surface area (TPSA) is 99.1 Å². The van der Waals surface area contributed by atoms with Crippen LogP contribution in [0.1, 0.15) is 194 Å². The first-order chi connectivity index (χ1) is 30.6. The van der Waals surface area contributed by atoms with Gasteiger partial charge in [0.15, 0.2) is 12.1 Å². The standard InChI is InChI=1S/C55H93NO7/c1-6-8-10-12-14-16-18-20-22-24-26-28-30-32-34-36-38-40-42-44-46-54(58)63-51(49-61-48-47-52(55(59)60)56(3,4)5)50-62-53(57)45-43-41-39-37-35-33-31-29-27-25-23-21-19-17-15-13-11-9-7-2/h8,10,14-17,19-22,26,28,32,34,51-52H,6-7,9,11-13,18,23-25,27,29-31,33,35-50H2,1-5H3/p+1/b10-8+,16-14+,17-15+,21-19+,22-20+,28-26+,34-32+. The molecule has 1 N–H and O–H groups in total. The second kappa shape index (κ2) is 45.1. The van der Waals surface area contributed by atoms with Crippen LogP contribution in [-0.4, -0.2) is 80.6 Å². The molecule has 0 aliphatic heterocycles. The van der Waals surface area contributed by atoms with E-state index in [0.29, 0.717) is 19.3 Å². The van der Waals surface area contributed by atoms with Crippen LogP contribution in [0.25, 0.3) is 0 Å². The van der Waals surface area contributed by atoms with Crippen LogP contribution >= 0.6 is 0 Å². The summed E-state index contributed by atoms with van der Waals surface area (Å²) in [5.41, 5.74) is 0. The third-order valence-corrected chi connectivity index (χ3v) is 10.8. The summed E-state index contributed by atoms with van der Waals surface area (Å²) in [7, 11) is 5.52. The first-order valence-electron chi connectivity index (χ1n) is 25.1. The number of allylic oxidation sites excluding steroid dienone is 14. The van der Waals surface area contributed by atoms with Gasteiger partial charge in [0.2, 0.25) is 0 Å². The van der Waals surface area contributed by atoms with Crippen LogP contribution in [0.15, 0.2) is 85.1 Å². The molecule has 0 saturated heterocycles. The summed E-state index contributed by atoms with van der Waals surface area (Å²) in [6, 6.07) is -0.625. The Kier molecular flexibility index (Phi) is 42.6. The number of esters is 2. The Morgan fingerprint density at radius 2 is 0.937 bits per heavy atom. The maximum atomic E-state index is 12.8. The monoisotopic (exact) mass is 881 g/mol. The first-order valence-corrected chi connectivity index (χ1v) is 25.1. The van der Waals surface area contributed by atoms with Gasteiger partial charge >= 0.3 is 17.9 Å². The van der Waals surface area contributed by atoms with Crippen molar-refractivity contribution in [3.8, 4) is 0 Å². The molecule has 0 radical (unpaired) electrons. The number of hydrogen-bond acceptors (Lipinski definition) is 6. The lowest BCUT2D eigenvalue weighted by Crippen LogP contribution is -2.50. The summed E-state index contributed by atoms with van der Waals surface area (Å²) >= 11 is 0. The predicted molar refractivity (Wildman–Crippen MR) is 266 cm³/mol. The fourth-order valence-electron chi connectivity index (χ4n) is 6.93. The second-order valence-corrected chi connectivity index (χ2v) is 17.7. The van der Waals surface area contributed by atoms with Gasteiger partial charge in [0.05, 0.1) is 34.4 Å². The van der Waals surface area contributed by atoms with Crippen LogP contribution in [0.5, 0.6) is 0 Å². The highest BCUT2D eigenvalue weighted by Gasteiger charge is 2.31. The summed E-state index contributed by atoms with van der Waals surface area (Å²) < 4.78 is 17.3. The predicted octanol–water partition coefficient (Wildman–Crippen LogP) is 14.5. The van der Waals surface area contributed by atoms with Crippen LogP contribution in [0.4, 0.5) is 0 Å². The van der Waals surface area contributed by atoms with Crippen molar-refractivity contribution in [2.45, 2.75) is 206 Å². The van der Waals surface area contributed by atoms with Crippen molar-refractivity contribution in [1.29, 1.82) is 0 Å². The van der Waals surface area contributed by atoms with E-state index in [0.717, 1.165) is 83.5 Å². The number of aliphatic carboxylic acids is 1. The third kappa shape index (κ3) is 43.5. The number of rotatable bonds is 44. The van der Waals surface area contributed by atoms with Crippen LogP contribution < -0.4 is 0 Å². The molecule has 0 aliphatic carbocycles. The van der Waals surface area contributed by atoms with Crippen LogP contribution in [0.3, 0.4) is 0 Å². The number of ether oxygens (including phenoxy) is 3. The van der Waals surface area contributed by atoms with Crippen LogP contribution in [0, 0.1) is 0 Å². The second-order valence-electron chi connectivity index (χ2n) is 17.7. The van der Waals surface area contributed by atoms with E-state index in [4.69, 9.17) is 14.2 Å². The van der Waals surface area contributed by atoms with E-state index in [1.54, 1.807) is 0 Å². The fraction of sp³-hybridized carbons (Fsp3) is 0.691. The van der Waals surface area contributed by atoms with Crippen molar-refractivity contribution >= 4 is 17.9 Å². The number of unbranched alkanes of at least 4 members (excludes halogenated alkanes) is 17. The van der Waals surface area contributed by atoms with Crippen molar-refractivity contribution in [2.24, 2.45) is 0 Å². The molecule has 0 aromatic heterocycles. The summed E-state index contributed by atoms with van der Waals surface area (Å²) in [6.45, 7) is 4.56. The van der Waals surface area contributed by atoms with Crippen molar-refractivity contribution in [2.75, 3.05) is 41.0 Å². The van der Waals surface area contributed by atoms with Crippen molar-refractivity contribution in [1.82, 2.24) is 0 Å². The Bertz CT molecular complexity index is 1300. The van der Waals surface area contributed by atoms with Gasteiger partial charge in [-0.1, -0.05) is 176 Å². The molecule has 2 unspecified atom stereocenters. The number of carbonyl (C=O) groups is 3. The average molecular weight is 881 g/mol. The molecule has 0 fully saturated rings. The van der Waals surface area contributed by atoms with E-state index < -0.39 is 18.1 Å². The number of likely N-dealkylation sites (N-methyl/N-ethyl adjacent to an activating group) is 1. The van der Waals surface area contributed by atoms with Gasteiger partial charge in [0.25, 0.3) is 0 Å². The zero-order valence-electron chi connectivity index (χ0n) is 41.0. The molecule has 2 atom stereocenters. The zero-order valence-corrected chi connectivity index (χ0v) is 41.0. The van der Waals surface area contributed by atoms with E-state index in [-0.39, 0.29) is 36.2 Å². The Morgan fingerprint density at radius 1 is 0.508 bits per heavy atom. The molecule has 0 spiro atoms. The third-order valence-electron chi connectivity index (χ3n) is 10.8. The molecule has 0 rings (SSSR count). The summed E-state index contributed by atoms with van der Waals surface area (Å²) in [4.78, 5) is 37.1. The van der Waals surface area contributed by atoms with E-state index >= 15 is 0 Å². The summed E-state index contributed by atoms with van der Waals surface area (Å²) in [5.74, 6) is -1.51. The number of nitrogens with zero attached hydrogens (tertiary/aromatic N) is 1. The van der Waals surface area contributed by atoms with Gasteiger partial charge in [-0.3, -0.25) is 9.59 Å². The molecule has 63 heavy (non-hydrogen) atoms. The van der Waals surface area contributed by atoms with Gasteiger partial charge in [-0.05, 0) is 83.5 Å². The number of quaternary nitrogens is 1. The summed E-state index contributed by atoms with van der Waals surface area (Å²) in [6.07, 6.45) is 59.1. The Morgan fingerprint density at radius 3 is 1.41 bits per heavy atom. The quantitative estimate of drug-likeness (QED) is 0.0214. The molecule has 8 nitrogen and oxygen atoms in total. The molecule has 0 aromatic carbocycles. The number of hydrogen-bond donors (Lipinski definition) is 1. The minimum absolute atomic E-state index is 0.0453. The van der Waals surface area contributed by atoms with E-state index in [1.807, 2.05) is 21.1 Å².